The van der Waals surface area contributed by atoms with E-state index in [9.17, 15) is 9.59 Å². The van der Waals surface area contributed by atoms with Gasteiger partial charge < -0.3 is 14.8 Å². The summed E-state index contributed by atoms with van der Waals surface area (Å²) in [6.07, 6.45) is 9.12. The van der Waals surface area contributed by atoms with E-state index < -0.39 is 5.97 Å². The minimum absolute atomic E-state index is 0.0635. The minimum atomic E-state index is -0.518. The number of aromatic nitrogens is 3. The van der Waals surface area contributed by atoms with Gasteiger partial charge in [-0.25, -0.2) is 9.48 Å². The topological polar surface area (TPSA) is 98.6 Å². The number of esters is 1. The summed E-state index contributed by atoms with van der Waals surface area (Å²) in [7, 11) is 2.97. The summed E-state index contributed by atoms with van der Waals surface area (Å²) in [6, 6.07) is 7.81. The summed E-state index contributed by atoms with van der Waals surface area (Å²) in [5.41, 5.74) is 1.25. The Morgan fingerprint density at radius 3 is 2.67 bits per heavy atom. The van der Waals surface area contributed by atoms with E-state index in [-0.39, 0.29) is 29.7 Å². The number of amides is 1. The second-order valence-electron chi connectivity index (χ2n) is 8.96. The molecule has 9 nitrogen and oxygen atoms in total. The Bertz CT molecular complexity index is 954. The van der Waals surface area contributed by atoms with Crippen LogP contribution >= 0.6 is 0 Å². The van der Waals surface area contributed by atoms with Gasteiger partial charge in [0.25, 0.3) is 0 Å². The normalized spacial score (nSPS) is 22.0. The van der Waals surface area contributed by atoms with Gasteiger partial charge in [-0.15, -0.1) is 5.10 Å². The molecular weight excluding hydrogens is 422 g/mol. The zero-order valence-electron chi connectivity index (χ0n) is 19.4. The van der Waals surface area contributed by atoms with Crippen molar-refractivity contribution >= 4 is 11.9 Å². The molecule has 0 spiro atoms. The minimum Gasteiger partial charge on any atom is -0.497 e. The number of hydrogen-bond donors (Lipinski definition) is 1. The van der Waals surface area contributed by atoms with Crippen LogP contribution < -0.4 is 10.1 Å². The summed E-state index contributed by atoms with van der Waals surface area (Å²) in [6.45, 7) is 1.25. The number of nitrogens with one attached hydrogen (secondary N) is 1. The molecule has 1 N–H and O–H groups in total. The third-order valence-electron chi connectivity index (χ3n) is 6.68. The van der Waals surface area contributed by atoms with E-state index in [1.807, 2.05) is 24.3 Å². The smallest absolute Gasteiger partial charge is 0.360 e. The van der Waals surface area contributed by atoms with Crippen molar-refractivity contribution in [3.05, 3.63) is 41.7 Å². The standard InChI is InChI=1S/C24H33N5O4/c1-32-20-11-7-8-17(12-20)14-28-15-19(29-16-21(26-27-29)24(31)33-2)13-22(28)23(30)25-18-9-5-3-4-6-10-18/h7-8,11-12,16,18-19,22H,3-6,9-10,13-15H2,1-2H3,(H,25,30)/t19-,22-/m0/s1. The molecule has 2 fully saturated rings. The molecule has 1 aliphatic carbocycles. The van der Waals surface area contributed by atoms with Gasteiger partial charge in [-0.05, 0) is 37.0 Å². The fourth-order valence-corrected chi connectivity index (χ4v) is 4.90. The van der Waals surface area contributed by atoms with Crippen LogP contribution in [-0.4, -0.2) is 64.6 Å². The van der Waals surface area contributed by atoms with Gasteiger partial charge in [0, 0.05) is 19.1 Å². The van der Waals surface area contributed by atoms with Crippen molar-refractivity contribution in [1.82, 2.24) is 25.2 Å². The largest absolute Gasteiger partial charge is 0.497 e. The Labute approximate surface area is 194 Å². The third kappa shape index (κ3) is 5.71. The first-order valence-electron chi connectivity index (χ1n) is 11.7. The molecule has 1 amide bonds. The zero-order chi connectivity index (χ0) is 23.2. The van der Waals surface area contributed by atoms with E-state index in [2.05, 4.69) is 20.5 Å². The number of methoxy groups -OCH3 is 2. The van der Waals surface area contributed by atoms with Crippen molar-refractivity contribution in [2.45, 2.75) is 69.6 Å². The molecule has 1 aliphatic heterocycles. The molecule has 0 unspecified atom stereocenters. The summed E-state index contributed by atoms with van der Waals surface area (Å²) < 4.78 is 11.8. The number of benzene rings is 1. The monoisotopic (exact) mass is 455 g/mol. The Morgan fingerprint density at radius 1 is 1.15 bits per heavy atom. The van der Waals surface area contributed by atoms with Crippen molar-refractivity contribution in [2.75, 3.05) is 20.8 Å². The van der Waals surface area contributed by atoms with Crippen LogP contribution in [-0.2, 0) is 16.1 Å². The maximum absolute atomic E-state index is 13.4. The highest BCUT2D eigenvalue weighted by atomic mass is 16.5. The van der Waals surface area contributed by atoms with Gasteiger partial charge in [0.05, 0.1) is 32.5 Å². The molecule has 1 aromatic carbocycles. The lowest BCUT2D eigenvalue weighted by atomic mass is 10.1. The molecule has 0 radical (unpaired) electrons. The number of likely N-dealkylation sites (tertiary alicyclic amines) is 1. The number of carbonyl (C=O) groups is 2. The number of hydrogen-bond acceptors (Lipinski definition) is 7. The first-order valence-corrected chi connectivity index (χ1v) is 11.7. The van der Waals surface area contributed by atoms with Crippen LogP contribution in [0, 0.1) is 0 Å². The van der Waals surface area contributed by atoms with E-state index >= 15 is 0 Å². The van der Waals surface area contributed by atoms with E-state index in [4.69, 9.17) is 9.47 Å². The van der Waals surface area contributed by atoms with Crippen molar-refractivity contribution in [3.63, 3.8) is 0 Å². The van der Waals surface area contributed by atoms with Crippen LogP contribution in [0.15, 0.2) is 30.5 Å². The molecule has 178 valence electrons. The van der Waals surface area contributed by atoms with Crippen LogP contribution in [0.25, 0.3) is 0 Å². The molecule has 2 atom stereocenters. The average Bonchev–Trinajstić information content (AvgIpc) is 3.40. The summed E-state index contributed by atoms with van der Waals surface area (Å²) in [5, 5.41) is 11.4. The molecule has 33 heavy (non-hydrogen) atoms. The van der Waals surface area contributed by atoms with Gasteiger partial charge in [-0.2, -0.15) is 0 Å². The Balaban J connectivity index is 1.51. The first-order chi connectivity index (χ1) is 16.1. The molecule has 2 aromatic rings. The fraction of sp³-hybridized carbons (Fsp3) is 0.583. The zero-order valence-corrected chi connectivity index (χ0v) is 19.4. The second kappa shape index (κ2) is 10.8. The average molecular weight is 456 g/mol. The SMILES string of the molecule is COC(=O)c1cn([C@H]2C[C@@H](C(=O)NC3CCCCCC3)N(Cc3cccc(OC)c3)C2)nn1. The van der Waals surface area contributed by atoms with E-state index in [0.717, 1.165) is 24.2 Å². The Hall–Kier alpha value is -2.94. The molecular formula is C24H33N5O4. The van der Waals surface area contributed by atoms with Crippen molar-refractivity contribution in [3.8, 4) is 5.75 Å². The highest BCUT2D eigenvalue weighted by molar-refractivity contribution is 5.86. The van der Waals surface area contributed by atoms with Gasteiger partial charge in [0.15, 0.2) is 5.69 Å². The highest BCUT2D eigenvalue weighted by Crippen LogP contribution is 2.30. The molecule has 0 bridgehead atoms. The van der Waals surface area contributed by atoms with E-state index in [1.54, 1.807) is 18.0 Å². The van der Waals surface area contributed by atoms with Crippen molar-refractivity contribution in [2.24, 2.45) is 0 Å². The third-order valence-corrected chi connectivity index (χ3v) is 6.68. The predicted molar refractivity (Wildman–Crippen MR) is 122 cm³/mol. The maximum Gasteiger partial charge on any atom is 0.360 e. The van der Waals surface area contributed by atoms with E-state index in [1.165, 1.54) is 32.8 Å². The van der Waals surface area contributed by atoms with Crippen LogP contribution in [0.2, 0.25) is 0 Å². The Kier molecular flexibility index (Phi) is 7.59. The molecule has 1 saturated heterocycles. The maximum atomic E-state index is 13.4. The second-order valence-corrected chi connectivity index (χ2v) is 8.96. The number of nitrogens with zero attached hydrogens (tertiary/aromatic N) is 4. The van der Waals surface area contributed by atoms with Crippen LogP contribution in [0.5, 0.6) is 5.75 Å². The van der Waals surface area contributed by atoms with Gasteiger partial charge in [-0.1, -0.05) is 43.0 Å². The lowest BCUT2D eigenvalue weighted by Crippen LogP contribution is -2.46. The van der Waals surface area contributed by atoms with Gasteiger partial charge in [-0.3, -0.25) is 9.69 Å². The molecule has 4 rings (SSSR count). The van der Waals surface area contributed by atoms with Crippen LogP contribution in [0.1, 0.15) is 67.0 Å². The molecule has 1 aromatic heterocycles. The fourth-order valence-electron chi connectivity index (χ4n) is 4.90. The number of rotatable bonds is 7. The molecule has 1 saturated carbocycles. The first kappa shape index (κ1) is 23.2. The summed E-state index contributed by atoms with van der Waals surface area (Å²) >= 11 is 0. The van der Waals surface area contributed by atoms with Crippen LogP contribution in [0.3, 0.4) is 0 Å². The number of carbonyl (C=O) groups excluding carboxylic acids is 2. The summed E-state index contributed by atoms with van der Waals surface area (Å²) in [5.74, 6) is 0.345. The van der Waals surface area contributed by atoms with Crippen LogP contribution in [0.4, 0.5) is 0 Å². The molecule has 2 aliphatic rings. The van der Waals surface area contributed by atoms with Crippen molar-refractivity contribution in [1.29, 1.82) is 0 Å². The Morgan fingerprint density at radius 2 is 1.94 bits per heavy atom. The van der Waals surface area contributed by atoms with Gasteiger partial charge in [0.2, 0.25) is 5.91 Å². The molecule has 9 heteroatoms. The predicted octanol–water partition coefficient (Wildman–Crippen LogP) is 2.73. The van der Waals surface area contributed by atoms with Crippen molar-refractivity contribution < 1.29 is 19.1 Å². The molecule has 2 heterocycles. The number of ether oxygens (including phenoxy) is 2. The summed E-state index contributed by atoms with van der Waals surface area (Å²) in [4.78, 5) is 27.4. The lowest BCUT2D eigenvalue weighted by molar-refractivity contribution is -0.126. The lowest BCUT2D eigenvalue weighted by Gasteiger charge is -2.26. The highest BCUT2D eigenvalue weighted by Gasteiger charge is 2.39. The quantitative estimate of drug-likeness (QED) is 0.506. The van der Waals surface area contributed by atoms with Gasteiger partial charge >= 0.3 is 5.97 Å². The van der Waals surface area contributed by atoms with Gasteiger partial charge in [0.1, 0.15) is 5.75 Å². The van der Waals surface area contributed by atoms with E-state index in [0.29, 0.717) is 19.5 Å².